The summed E-state index contributed by atoms with van der Waals surface area (Å²) in [5.74, 6) is 0.584. The molecule has 1 aromatic carbocycles. The zero-order valence-electron chi connectivity index (χ0n) is 21.6. The minimum atomic E-state index is -4.64. The molecule has 0 aliphatic carbocycles. The standard InChI is InChI=1S/C26H31ClF3N7O2/c1-38-12-11-36-8-2-3-16(36)15-39-25-33-21-14-17(23-19(26(28,29)30)4-5-22(31)34-23)20(27)13-18(21)24(35-25)37-9-6-32-7-10-37/h4-5,13-14,16,32H,2-3,6-12,15H2,1H3,(H2,31,34)/t16-/m1/s1. The van der Waals surface area contributed by atoms with Crippen molar-refractivity contribution in [3.8, 4) is 17.3 Å². The number of anilines is 2. The summed E-state index contributed by atoms with van der Waals surface area (Å²) in [6, 6.07) is 5.51. The van der Waals surface area contributed by atoms with Crippen molar-refractivity contribution in [2.24, 2.45) is 0 Å². The van der Waals surface area contributed by atoms with Crippen LogP contribution in [0.5, 0.6) is 6.01 Å². The highest BCUT2D eigenvalue weighted by molar-refractivity contribution is 6.34. The molecule has 2 aromatic heterocycles. The first-order valence-corrected chi connectivity index (χ1v) is 13.3. The number of nitrogen functional groups attached to an aromatic ring is 1. The fourth-order valence-corrected chi connectivity index (χ4v) is 5.40. The summed E-state index contributed by atoms with van der Waals surface area (Å²) in [7, 11) is 1.68. The number of piperazine rings is 1. The fourth-order valence-electron chi connectivity index (χ4n) is 5.14. The molecule has 4 heterocycles. The van der Waals surface area contributed by atoms with Gasteiger partial charge in [0.05, 0.1) is 28.4 Å². The zero-order chi connectivity index (χ0) is 27.6. The van der Waals surface area contributed by atoms with Gasteiger partial charge in [-0.25, -0.2) is 4.98 Å². The largest absolute Gasteiger partial charge is 0.462 e. The lowest BCUT2D eigenvalue weighted by Crippen LogP contribution is -2.44. The maximum absolute atomic E-state index is 13.8. The molecular formula is C26H31ClF3N7O2. The molecule has 9 nitrogen and oxygen atoms in total. The first-order chi connectivity index (χ1) is 18.7. The number of aromatic nitrogens is 3. The van der Waals surface area contributed by atoms with Crippen molar-refractivity contribution in [2.45, 2.75) is 25.1 Å². The molecule has 39 heavy (non-hydrogen) atoms. The lowest BCUT2D eigenvalue weighted by molar-refractivity contribution is -0.137. The first-order valence-electron chi connectivity index (χ1n) is 12.9. The van der Waals surface area contributed by atoms with Crippen LogP contribution in [0.15, 0.2) is 24.3 Å². The van der Waals surface area contributed by atoms with Crippen LogP contribution in [0.25, 0.3) is 22.2 Å². The molecule has 3 N–H and O–H groups in total. The van der Waals surface area contributed by atoms with Gasteiger partial charge in [0.1, 0.15) is 18.2 Å². The zero-order valence-corrected chi connectivity index (χ0v) is 22.4. The van der Waals surface area contributed by atoms with Crippen LogP contribution < -0.4 is 20.7 Å². The van der Waals surface area contributed by atoms with Crippen molar-refractivity contribution < 1.29 is 22.6 Å². The van der Waals surface area contributed by atoms with E-state index < -0.39 is 11.7 Å². The van der Waals surface area contributed by atoms with Crippen LogP contribution in [0.3, 0.4) is 0 Å². The summed E-state index contributed by atoms with van der Waals surface area (Å²) in [6.07, 6.45) is -2.59. The van der Waals surface area contributed by atoms with E-state index in [1.807, 2.05) is 0 Å². The average Bonchev–Trinajstić information content (AvgIpc) is 3.37. The quantitative estimate of drug-likeness (QED) is 0.422. The van der Waals surface area contributed by atoms with Crippen LogP contribution >= 0.6 is 11.6 Å². The third kappa shape index (κ3) is 6.13. The Morgan fingerprint density at radius 2 is 1.92 bits per heavy atom. The topological polar surface area (TPSA) is 102 Å². The first kappa shape index (κ1) is 27.6. The van der Waals surface area contributed by atoms with Gasteiger partial charge in [-0.2, -0.15) is 23.1 Å². The Balaban J connectivity index is 1.55. The van der Waals surface area contributed by atoms with Gasteiger partial charge < -0.3 is 25.4 Å². The van der Waals surface area contributed by atoms with Gasteiger partial charge in [-0.3, -0.25) is 4.90 Å². The van der Waals surface area contributed by atoms with Crippen molar-refractivity contribution in [1.29, 1.82) is 0 Å². The lowest BCUT2D eigenvalue weighted by atomic mass is 10.0. The van der Waals surface area contributed by atoms with Gasteiger partial charge in [-0.15, -0.1) is 0 Å². The molecule has 0 radical (unpaired) electrons. The van der Waals surface area contributed by atoms with E-state index in [1.165, 1.54) is 6.07 Å². The van der Waals surface area contributed by atoms with Crippen LogP contribution in [0.4, 0.5) is 24.8 Å². The number of likely N-dealkylation sites (tertiary alicyclic amines) is 1. The molecule has 3 aromatic rings. The average molecular weight is 566 g/mol. The smallest absolute Gasteiger partial charge is 0.418 e. The predicted molar refractivity (Wildman–Crippen MR) is 144 cm³/mol. The molecule has 2 aliphatic rings. The number of methoxy groups -OCH3 is 1. The van der Waals surface area contributed by atoms with Crippen LogP contribution in [-0.4, -0.2) is 85.5 Å². The second-order valence-corrected chi connectivity index (χ2v) is 10.1. The number of nitrogens with one attached hydrogen (secondary N) is 1. The maximum Gasteiger partial charge on any atom is 0.418 e. The molecule has 0 amide bonds. The van der Waals surface area contributed by atoms with Gasteiger partial charge in [-0.05, 0) is 43.7 Å². The summed E-state index contributed by atoms with van der Waals surface area (Å²) in [5.41, 5.74) is 4.98. The van der Waals surface area contributed by atoms with E-state index in [4.69, 9.17) is 31.8 Å². The van der Waals surface area contributed by atoms with E-state index in [2.05, 4.69) is 25.1 Å². The van der Waals surface area contributed by atoms with Gasteiger partial charge in [0.25, 0.3) is 0 Å². The number of ether oxygens (including phenoxy) is 2. The van der Waals surface area contributed by atoms with Crippen molar-refractivity contribution in [2.75, 3.05) is 70.2 Å². The highest BCUT2D eigenvalue weighted by Crippen LogP contribution is 2.41. The molecule has 2 fully saturated rings. The normalized spacial score (nSPS) is 18.7. The lowest BCUT2D eigenvalue weighted by Gasteiger charge is -2.29. The number of nitrogens with two attached hydrogens (primary N) is 1. The Bertz CT molecular complexity index is 1320. The molecule has 0 spiro atoms. The highest BCUT2D eigenvalue weighted by Gasteiger charge is 2.35. The second-order valence-electron chi connectivity index (χ2n) is 9.68. The number of rotatable bonds is 8. The Hall–Kier alpha value is -2.93. The Kier molecular flexibility index (Phi) is 8.27. The van der Waals surface area contributed by atoms with Crippen LogP contribution in [0.2, 0.25) is 5.02 Å². The van der Waals surface area contributed by atoms with Crippen molar-refractivity contribution >= 4 is 34.1 Å². The van der Waals surface area contributed by atoms with E-state index in [-0.39, 0.29) is 34.2 Å². The summed E-state index contributed by atoms with van der Waals surface area (Å²) in [6.45, 7) is 5.76. The molecule has 0 bridgehead atoms. The number of benzene rings is 1. The molecule has 210 valence electrons. The predicted octanol–water partition coefficient (Wildman–Crippen LogP) is 3.85. The molecule has 1 atom stereocenters. The Labute approximate surface area is 229 Å². The van der Waals surface area contributed by atoms with Crippen LogP contribution in [-0.2, 0) is 10.9 Å². The Morgan fingerprint density at radius 3 is 2.67 bits per heavy atom. The summed E-state index contributed by atoms with van der Waals surface area (Å²) >= 11 is 6.59. The van der Waals surface area contributed by atoms with E-state index in [1.54, 1.807) is 13.2 Å². The van der Waals surface area contributed by atoms with Crippen molar-refractivity contribution in [3.63, 3.8) is 0 Å². The number of pyridine rings is 1. The number of hydrogen-bond donors (Lipinski definition) is 2. The third-order valence-corrected chi connectivity index (χ3v) is 7.44. The molecule has 5 rings (SSSR count). The second kappa shape index (κ2) is 11.7. The highest BCUT2D eigenvalue weighted by atomic mass is 35.5. The van der Waals surface area contributed by atoms with E-state index >= 15 is 0 Å². The third-order valence-electron chi connectivity index (χ3n) is 7.12. The SMILES string of the molecule is COCCN1CCC[C@@H]1COc1nc(N2CCNCC2)c2cc(Cl)c(-c3nc(N)ccc3C(F)(F)F)cc2n1. The van der Waals surface area contributed by atoms with Gasteiger partial charge >= 0.3 is 12.2 Å². The molecule has 13 heteroatoms. The van der Waals surface area contributed by atoms with Crippen molar-refractivity contribution in [1.82, 2.24) is 25.2 Å². The van der Waals surface area contributed by atoms with Crippen molar-refractivity contribution in [3.05, 3.63) is 34.9 Å². The van der Waals surface area contributed by atoms with E-state index in [9.17, 15) is 13.2 Å². The number of fused-ring (bicyclic) bond motifs is 1. The van der Waals surface area contributed by atoms with Gasteiger partial charge in [0.2, 0.25) is 0 Å². The van der Waals surface area contributed by atoms with Gasteiger partial charge in [-0.1, -0.05) is 11.6 Å². The summed E-state index contributed by atoms with van der Waals surface area (Å²) in [5, 5.41) is 4.03. The van der Waals surface area contributed by atoms with Gasteiger partial charge in [0, 0.05) is 56.8 Å². The van der Waals surface area contributed by atoms with Gasteiger partial charge in [0.15, 0.2) is 0 Å². The number of nitrogens with zero attached hydrogens (tertiary/aromatic N) is 5. The molecular weight excluding hydrogens is 535 g/mol. The summed E-state index contributed by atoms with van der Waals surface area (Å²) in [4.78, 5) is 17.8. The molecule has 0 unspecified atom stereocenters. The monoisotopic (exact) mass is 565 g/mol. The van der Waals surface area contributed by atoms with E-state index in [0.29, 0.717) is 43.0 Å². The molecule has 0 saturated carbocycles. The summed E-state index contributed by atoms with van der Waals surface area (Å²) < 4.78 is 52.9. The molecule has 2 aliphatic heterocycles. The van der Waals surface area contributed by atoms with Crippen LogP contribution in [0.1, 0.15) is 18.4 Å². The minimum Gasteiger partial charge on any atom is -0.462 e. The van der Waals surface area contributed by atoms with Crippen LogP contribution in [0, 0.1) is 0 Å². The number of hydrogen-bond acceptors (Lipinski definition) is 9. The Morgan fingerprint density at radius 1 is 1.13 bits per heavy atom. The van der Waals surface area contributed by atoms with E-state index in [0.717, 1.165) is 51.2 Å². The fraction of sp³-hybridized carbons (Fsp3) is 0.500. The number of halogens is 4. The minimum absolute atomic E-state index is 0.0445. The number of alkyl halides is 3. The molecule has 2 saturated heterocycles. The maximum atomic E-state index is 13.8.